The van der Waals surface area contributed by atoms with Crippen LogP contribution in [0.15, 0.2) is 41.9 Å². The number of rotatable bonds is 7. The number of alkyl halides is 1. The molecule has 0 aliphatic heterocycles. The van der Waals surface area contributed by atoms with Crippen LogP contribution in [-0.2, 0) is 0 Å². The molecule has 0 saturated carbocycles. The molecule has 2 aromatic rings. The lowest BCUT2D eigenvalue weighted by atomic mass is 9.95. The van der Waals surface area contributed by atoms with Crippen LogP contribution in [0.1, 0.15) is 19.8 Å². The Labute approximate surface area is 164 Å². The van der Waals surface area contributed by atoms with Crippen LogP contribution in [0.4, 0.5) is 5.82 Å². The van der Waals surface area contributed by atoms with Gasteiger partial charge in [-0.1, -0.05) is 18.9 Å². The first kappa shape index (κ1) is 19.1. The summed E-state index contributed by atoms with van der Waals surface area (Å²) >= 11 is 5.74. The fraction of sp³-hybridized carbons (Fsp3) is 0.333. The van der Waals surface area contributed by atoms with Crippen LogP contribution < -0.4 is 14.8 Å². The van der Waals surface area contributed by atoms with Gasteiger partial charge in [-0.2, -0.15) is 0 Å². The van der Waals surface area contributed by atoms with Crippen molar-refractivity contribution in [3.8, 4) is 23.8 Å². The van der Waals surface area contributed by atoms with Crippen molar-refractivity contribution >= 4 is 28.3 Å². The maximum atomic E-state index is 5.83. The van der Waals surface area contributed by atoms with Crippen molar-refractivity contribution in [1.29, 1.82) is 0 Å². The third-order valence-electron chi connectivity index (χ3n) is 4.42. The van der Waals surface area contributed by atoms with E-state index in [1.54, 1.807) is 7.11 Å². The highest BCUT2D eigenvalue weighted by atomic mass is 35.5. The first-order valence-corrected chi connectivity index (χ1v) is 9.36. The molecule has 1 N–H and O–H groups in total. The van der Waals surface area contributed by atoms with Gasteiger partial charge in [-0.25, -0.2) is 9.97 Å². The van der Waals surface area contributed by atoms with Crippen molar-refractivity contribution < 1.29 is 9.47 Å². The molecule has 1 aliphatic rings. The van der Waals surface area contributed by atoms with Gasteiger partial charge in [0.15, 0.2) is 11.5 Å². The molecule has 1 atom stereocenters. The van der Waals surface area contributed by atoms with Crippen molar-refractivity contribution in [3.63, 3.8) is 0 Å². The molecule has 140 valence electrons. The van der Waals surface area contributed by atoms with E-state index in [1.165, 1.54) is 6.33 Å². The Morgan fingerprint density at radius 2 is 2.19 bits per heavy atom. The number of anilines is 1. The Balaban J connectivity index is 1.98. The highest BCUT2D eigenvalue weighted by Gasteiger charge is 2.16. The normalized spacial score (nSPS) is 16.3. The summed E-state index contributed by atoms with van der Waals surface area (Å²) < 4.78 is 11.3. The van der Waals surface area contributed by atoms with Gasteiger partial charge in [-0.05, 0) is 30.9 Å². The fourth-order valence-electron chi connectivity index (χ4n) is 2.87. The standard InChI is InChI=1S/C21H22ClN3O2/c1-4-15-7-6-14(2)17(10-15)25-21-16-11-20(27-9-5-8-22)19(26-3)12-18(16)23-13-24-21/h1,7,10-14H,5-6,8-9H2,2-3H3,(H,23,24,25). The number of fused-ring (bicyclic) bond motifs is 1. The molecule has 0 radical (unpaired) electrons. The van der Waals surface area contributed by atoms with Crippen molar-refractivity contribution in [2.45, 2.75) is 19.8 Å². The number of nitrogens with one attached hydrogen (secondary N) is 1. The summed E-state index contributed by atoms with van der Waals surface area (Å²) in [5, 5.41) is 4.28. The largest absolute Gasteiger partial charge is 0.493 e. The second-order valence-electron chi connectivity index (χ2n) is 6.30. The van der Waals surface area contributed by atoms with E-state index < -0.39 is 0 Å². The molecule has 3 rings (SSSR count). The first-order chi connectivity index (χ1) is 13.2. The van der Waals surface area contributed by atoms with Gasteiger partial charge in [0.1, 0.15) is 12.1 Å². The van der Waals surface area contributed by atoms with Crippen LogP contribution in [0.25, 0.3) is 10.9 Å². The summed E-state index contributed by atoms with van der Waals surface area (Å²) in [4.78, 5) is 8.79. The quantitative estimate of drug-likeness (QED) is 0.432. The number of hydrogen-bond donors (Lipinski definition) is 1. The Hall–Kier alpha value is -2.71. The third kappa shape index (κ3) is 4.35. The zero-order valence-electron chi connectivity index (χ0n) is 15.5. The highest BCUT2D eigenvalue weighted by Crippen LogP contribution is 2.35. The minimum absolute atomic E-state index is 0.324. The molecule has 0 fully saturated rings. The molecule has 0 spiro atoms. The number of terminal acetylenes is 1. The molecule has 6 heteroatoms. The van der Waals surface area contributed by atoms with E-state index in [0.29, 0.717) is 35.7 Å². The highest BCUT2D eigenvalue weighted by molar-refractivity contribution is 6.17. The van der Waals surface area contributed by atoms with Crippen molar-refractivity contribution in [1.82, 2.24) is 9.97 Å². The lowest BCUT2D eigenvalue weighted by Crippen LogP contribution is -2.13. The van der Waals surface area contributed by atoms with Crippen LogP contribution in [0, 0.1) is 18.3 Å². The van der Waals surface area contributed by atoms with E-state index in [-0.39, 0.29) is 0 Å². The number of hydrogen-bond acceptors (Lipinski definition) is 5. The Kier molecular flexibility index (Phi) is 6.20. The average Bonchev–Trinajstić information content (AvgIpc) is 2.69. The topological polar surface area (TPSA) is 56.3 Å². The minimum atomic E-state index is 0.324. The van der Waals surface area contributed by atoms with Crippen LogP contribution >= 0.6 is 11.6 Å². The van der Waals surface area contributed by atoms with Crippen LogP contribution in [-0.4, -0.2) is 29.6 Å². The second kappa shape index (κ2) is 8.79. The Bertz CT molecular complexity index is 931. The minimum Gasteiger partial charge on any atom is -0.493 e. The van der Waals surface area contributed by atoms with Gasteiger partial charge in [0.05, 0.1) is 19.2 Å². The van der Waals surface area contributed by atoms with Gasteiger partial charge in [0.25, 0.3) is 0 Å². The maximum absolute atomic E-state index is 5.83. The summed E-state index contributed by atoms with van der Waals surface area (Å²) in [6, 6.07) is 3.75. The lowest BCUT2D eigenvalue weighted by molar-refractivity contribution is 0.295. The molecule has 1 unspecified atom stereocenters. The van der Waals surface area contributed by atoms with E-state index in [4.69, 9.17) is 27.5 Å². The number of benzene rings is 1. The van der Waals surface area contributed by atoms with Gasteiger partial charge < -0.3 is 14.8 Å². The molecule has 0 amide bonds. The van der Waals surface area contributed by atoms with Gasteiger partial charge in [-0.15, -0.1) is 18.0 Å². The SMILES string of the molecule is C#CC1=CCC(C)C(Nc2ncnc3cc(OC)c(OCCCCl)cc23)=C1. The van der Waals surface area contributed by atoms with Crippen LogP contribution in [0.5, 0.6) is 11.5 Å². The number of aromatic nitrogens is 2. The predicted molar refractivity (Wildman–Crippen MR) is 109 cm³/mol. The van der Waals surface area contributed by atoms with E-state index >= 15 is 0 Å². The number of ether oxygens (including phenoxy) is 2. The number of halogens is 1. The Morgan fingerprint density at radius 1 is 1.33 bits per heavy atom. The summed E-state index contributed by atoms with van der Waals surface area (Å²) in [5.74, 6) is 5.54. The summed E-state index contributed by atoms with van der Waals surface area (Å²) in [6.07, 6.45) is 12.8. The van der Waals surface area contributed by atoms with Gasteiger partial charge in [-0.3, -0.25) is 0 Å². The molecule has 1 aliphatic carbocycles. The molecule has 0 bridgehead atoms. The molecule has 5 nitrogen and oxygen atoms in total. The molecule has 27 heavy (non-hydrogen) atoms. The maximum Gasteiger partial charge on any atom is 0.162 e. The van der Waals surface area contributed by atoms with Crippen molar-refractivity contribution in [2.75, 3.05) is 24.9 Å². The molecular formula is C21H22ClN3O2. The first-order valence-electron chi connectivity index (χ1n) is 8.83. The van der Waals surface area contributed by atoms with Crippen molar-refractivity contribution in [3.05, 3.63) is 41.9 Å². The van der Waals surface area contributed by atoms with E-state index in [1.807, 2.05) is 18.2 Å². The fourth-order valence-corrected chi connectivity index (χ4v) is 2.98. The number of methoxy groups -OCH3 is 1. The average molecular weight is 384 g/mol. The monoisotopic (exact) mass is 383 g/mol. The number of allylic oxidation sites excluding steroid dienone is 4. The van der Waals surface area contributed by atoms with E-state index in [9.17, 15) is 0 Å². The molecule has 1 aromatic carbocycles. The van der Waals surface area contributed by atoms with Gasteiger partial charge in [0.2, 0.25) is 0 Å². The summed E-state index contributed by atoms with van der Waals surface area (Å²) in [7, 11) is 1.61. The van der Waals surface area contributed by atoms with E-state index in [2.05, 4.69) is 34.2 Å². The van der Waals surface area contributed by atoms with Crippen LogP contribution in [0.2, 0.25) is 0 Å². The van der Waals surface area contributed by atoms with Gasteiger partial charge in [0, 0.05) is 28.6 Å². The van der Waals surface area contributed by atoms with Crippen LogP contribution in [0.3, 0.4) is 0 Å². The van der Waals surface area contributed by atoms with E-state index in [0.717, 1.165) is 35.0 Å². The van der Waals surface area contributed by atoms with Crippen molar-refractivity contribution in [2.24, 2.45) is 5.92 Å². The zero-order valence-corrected chi connectivity index (χ0v) is 16.2. The Morgan fingerprint density at radius 3 is 2.93 bits per heavy atom. The molecule has 1 aromatic heterocycles. The second-order valence-corrected chi connectivity index (χ2v) is 6.68. The molecule has 0 saturated heterocycles. The summed E-state index contributed by atoms with van der Waals surface area (Å²) in [6.45, 7) is 2.66. The van der Waals surface area contributed by atoms with Gasteiger partial charge >= 0.3 is 0 Å². The zero-order chi connectivity index (χ0) is 19.2. The predicted octanol–water partition coefficient (Wildman–Crippen LogP) is 4.54. The third-order valence-corrected chi connectivity index (χ3v) is 4.69. The molecular weight excluding hydrogens is 362 g/mol. The smallest absolute Gasteiger partial charge is 0.162 e. The lowest BCUT2D eigenvalue weighted by Gasteiger charge is -2.21. The molecule has 1 heterocycles. The number of nitrogens with zero attached hydrogens (tertiary/aromatic N) is 2. The summed E-state index contributed by atoms with van der Waals surface area (Å²) in [5.41, 5.74) is 2.68.